The SMILES string of the molecule is OCCCN1CCCN1. The van der Waals surface area contributed by atoms with Crippen LogP contribution in [0.3, 0.4) is 0 Å². The van der Waals surface area contributed by atoms with Crippen LogP contribution in [0.5, 0.6) is 0 Å². The van der Waals surface area contributed by atoms with Crippen molar-refractivity contribution in [2.75, 3.05) is 26.2 Å². The maximum Gasteiger partial charge on any atom is 0.0443 e. The summed E-state index contributed by atoms with van der Waals surface area (Å²) < 4.78 is 0. The Hall–Kier alpha value is -0.120. The Labute approximate surface area is 55.6 Å². The van der Waals surface area contributed by atoms with Gasteiger partial charge >= 0.3 is 0 Å². The van der Waals surface area contributed by atoms with Crippen LogP contribution in [0.15, 0.2) is 0 Å². The van der Waals surface area contributed by atoms with Gasteiger partial charge in [-0.05, 0) is 12.8 Å². The number of aliphatic hydroxyl groups excluding tert-OH is 1. The lowest BCUT2D eigenvalue weighted by Crippen LogP contribution is -2.31. The number of nitrogens with one attached hydrogen (secondary N) is 1. The molecule has 54 valence electrons. The highest BCUT2D eigenvalue weighted by Crippen LogP contribution is 1.95. The van der Waals surface area contributed by atoms with Crippen LogP contribution < -0.4 is 5.43 Å². The van der Waals surface area contributed by atoms with E-state index >= 15 is 0 Å². The molecule has 0 radical (unpaired) electrons. The molecule has 0 aromatic heterocycles. The molecule has 9 heavy (non-hydrogen) atoms. The number of hydrogen-bond acceptors (Lipinski definition) is 3. The summed E-state index contributed by atoms with van der Waals surface area (Å²) >= 11 is 0. The van der Waals surface area contributed by atoms with E-state index in [4.69, 9.17) is 5.11 Å². The van der Waals surface area contributed by atoms with Crippen LogP contribution in [0.25, 0.3) is 0 Å². The van der Waals surface area contributed by atoms with E-state index in [0.29, 0.717) is 6.61 Å². The summed E-state index contributed by atoms with van der Waals surface area (Å²) in [5.74, 6) is 0. The van der Waals surface area contributed by atoms with Crippen LogP contribution in [-0.4, -0.2) is 36.4 Å². The van der Waals surface area contributed by atoms with Crippen molar-refractivity contribution in [3.63, 3.8) is 0 Å². The van der Waals surface area contributed by atoms with Crippen molar-refractivity contribution in [2.45, 2.75) is 12.8 Å². The summed E-state index contributed by atoms with van der Waals surface area (Å²) in [6, 6.07) is 0. The van der Waals surface area contributed by atoms with Crippen molar-refractivity contribution >= 4 is 0 Å². The van der Waals surface area contributed by atoms with Crippen molar-refractivity contribution in [3.8, 4) is 0 Å². The predicted molar refractivity (Wildman–Crippen MR) is 35.9 cm³/mol. The Balaban J connectivity index is 1.98. The number of hydrazine groups is 1. The molecular formula is C6H14N2O. The number of nitrogens with zero attached hydrogens (tertiary/aromatic N) is 1. The first-order valence-corrected chi connectivity index (χ1v) is 3.53. The fourth-order valence-electron chi connectivity index (χ4n) is 1.04. The van der Waals surface area contributed by atoms with Crippen molar-refractivity contribution in [1.82, 2.24) is 10.4 Å². The third kappa shape index (κ3) is 2.30. The van der Waals surface area contributed by atoms with Crippen molar-refractivity contribution < 1.29 is 5.11 Å². The van der Waals surface area contributed by atoms with E-state index in [9.17, 15) is 0 Å². The van der Waals surface area contributed by atoms with E-state index in [1.165, 1.54) is 6.42 Å². The van der Waals surface area contributed by atoms with Crippen molar-refractivity contribution in [2.24, 2.45) is 0 Å². The van der Waals surface area contributed by atoms with Gasteiger partial charge in [-0.15, -0.1) is 0 Å². The lowest BCUT2D eigenvalue weighted by atomic mass is 10.4. The monoisotopic (exact) mass is 130 g/mol. The molecule has 0 saturated carbocycles. The van der Waals surface area contributed by atoms with Crippen LogP contribution in [0.4, 0.5) is 0 Å². The quantitative estimate of drug-likeness (QED) is 0.544. The summed E-state index contributed by atoms with van der Waals surface area (Å²) in [5.41, 5.74) is 3.21. The highest BCUT2D eigenvalue weighted by atomic mass is 16.3. The van der Waals surface area contributed by atoms with Gasteiger partial charge in [0.2, 0.25) is 0 Å². The lowest BCUT2D eigenvalue weighted by molar-refractivity contribution is 0.210. The van der Waals surface area contributed by atoms with Gasteiger partial charge in [0, 0.05) is 26.2 Å². The molecule has 0 atom stereocenters. The Morgan fingerprint density at radius 3 is 3.00 bits per heavy atom. The molecule has 2 N–H and O–H groups in total. The van der Waals surface area contributed by atoms with E-state index < -0.39 is 0 Å². The zero-order valence-electron chi connectivity index (χ0n) is 5.64. The molecule has 0 aromatic carbocycles. The van der Waals surface area contributed by atoms with E-state index in [1.807, 2.05) is 0 Å². The Morgan fingerprint density at radius 1 is 1.56 bits per heavy atom. The molecule has 1 aliphatic heterocycles. The third-order valence-electron chi connectivity index (χ3n) is 1.53. The minimum absolute atomic E-state index is 0.304. The molecule has 0 amide bonds. The molecule has 1 fully saturated rings. The Bertz CT molecular complexity index is 71.5. The largest absolute Gasteiger partial charge is 0.396 e. The van der Waals surface area contributed by atoms with E-state index in [1.54, 1.807) is 0 Å². The molecule has 1 saturated heterocycles. The van der Waals surface area contributed by atoms with Crippen LogP contribution in [0.2, 0.25) is 0 Å². The number of aliphatic hydroxyl groups is 1. The zero-order chi connectivity index (χ0) is 6.53. The summed E-state index contributed by atoms with van der Waals surface area (Å²) in [6.45, 7) is 3.53. The first-order chi connectivity index (χ1) is 4.43. The summed E-state index contributed by atoms with van der Waals surface area (Å²) in [5, 5.41) is 10.6. The average Bonchev–Trinajstić information content (AvgIpc) is 2.34. The van der Waals surface area contributed by atoms with Gasteiger partial charge in [0.25, 0.3) is 0 Å². The maximum absolute atomic E-state index is 8.47. The molecule has 0 spiro atoms. The van der Waals surface area contributed by atoms with Crippen LogP contribution in [0, 0.1) is 0 Å². The topological polar surface area (TPSA) is 35.5 Å². The molecule has 0 aromatic rings. The second-order valence-corrected chi connectivity index (χ2v) is 2.33. The zero-order valence-corrected chi connectivity index (χ0v) is 5.64. The van der Waals surface area contributed by atoms with Crippen LogP contribution in [0.1, 0.15) is 12.8 Å². The van der Waals surface area contributed by atoms with Crippen LogP contribution >= 0.6 is 0 Å². The normalized spacial score (nSPS) is 21.0. The first-order valence-electron chi connectivity index (χ1n) is 3.53. The van der Waals surface area contributed by atoms with Gasteiger partial charge in [-0.25, -0.2) is 5.01 Å². The fraction of sp³-hybridized carbons (Fsp3) is 1.00. The minimum Gasteiger partial charge on any atom is -0.396 e. The van der Waals surface area contributed by atoms with Gasteiger partial charge in [0.05, 0.1) is 0 Å². The van der Waals surface area contributed by atoms with Gasteiger partial charge in [0.15, 0.2) is 0 Å². The standard InChI is InChI=1S/C6H14N2O/c9-6-2-5-8-4-1-3-7-8/h7,9H,1-6H2. The summed E-state index contributed by atoms with van der Waals surface area (Å²) in [7, 11) is 0. The molecule has 0 unspecified atom stereocenters. The molecule has 1 rings (SSSR count). The van der Waals surface area contributed by atoms with E-state index in [-0.39, 0.29) is 0 Å². The molecule has 0 aliphatic carbocycles. The summed E-state index contributed by atoms with van der Waals surface area (Å²) in [6.07, 6.45) is 2.12. The highest BCUT2D eigenvalue weighted by molar-refractivity contribution is 4.60. The molecule has 1 heterocycles. The molecule has 3 nitrogen and oxygen atoms in total. The Morgan fingerprint density at radius 2 is 2.44 bits per heavy atom. The Kier molecular flexibility index (Phi) is 2.97. The summed E-state index contributed by atoms with van der Waals surface area (Å²) in [4.78, 5) is 0. The smallest absolute Gasteiger partial charge is 0.0443 e. The van der Waals surface area contributed by atoms with E-state index in [0.717, 1.165) is 26.1 Å². The maximum atomic E-state index is 8.47. The molecule has 1 aliphatic rings. The van der Waals surface area contributed by atoms with E-state index in [2.05, 4.69) is 10.4 Å². The lowest BCUT2D eigenvalue weighted by Gasteiger charge is -2.12. The molecule has 0 bridgehead atoms. The first kappa shape index (κ1) is 6.99. The van der Waals surface area contributed by atoms with Crippen molar-refractivity contribution in [3.05, 3.63) is 0 Å². The predicted octanol–water partition coefficient (Wildman–Crippen LogP) is -0.421. The van der Waals surface area contributed by atoms with Gasteiger partial charge in [-0.3, -0.25) is 5.43 Å². The van der Waals surface area contributed by atoms with Crippen LogP contribution in [-0.2, 0) is 0 Å². The number of hydrogen-bond donors (Lipinski definition) is 2. The molecular weight excluding hydrogens is 116 g/mol. The molecule has 3 heteroatoms. The van der Waals surface area contributed by atoms with Gasteiger partial charge in [-0.2, -0.15) is 0 Å². The van der Waals surface area contributed by atoms with Gasteiger partial charge in [0.1, 0.15) is 0 Å². The fourth-order valence-corrected chi connectivity index (χ4v) is 1.04. The third-order valence-corrected chi connectivity index (χ3v) is 1.53. The van der Waals surface area contributed by atoms with Gasteiger partial charge < -0.3 is 5.11 Å². The average molecular weight is 130 g/mol. The highest BCUT2D eigenvalue weighted by Gasteiger charge is 2.08. The second-order valence-electron chi connectivity index (χ2n) is 2.33. The minimum atomic E-state index is 0.304. The second kappa shape index (κ2) is 3.82. The van der Waals surface area contributed by atoms with Crippen molar-refractivity contribution in [1.29, 1.82) is 0 Å². The number of rotatable bonds is 3. The van der Waals surface area contributed by atoms with Gasteiger partial charge in [-0.1, -0.05) is 0 Å².